The molecule has 0 bridgehead atoms. The molecule has 0 aliphatic carbocycles. The Morgan fingerprint density at radius 3 is 2.36 bits per heavy atom. The molecule has 3 aromatic carbocycles. The van der Waals surface area contributed by atoms with Crippen LogP contribution in [0.25, 0.3) is 0 Å². The predicted molar refractivity (Wildman–Crippen MR) is 122 cm³/mol. The van der Waals surface area contributed by atoms with Gasteiger partial charge in [0.2, 0.25) is 5.91 Å². The summed E-state index contributed by atoms with van der Waals surface area (Å²) in [7, 11) is 0. The Labute approximate surface area is 194 Å². The van der Waals surface area contributed by atoms with Gasteiger partial charge in [0, 0.05) is 17.2 Å². The van der Waals surface area contributed by atoms with Crippen LogP contribution in [0.2, 0.25) is 5.02 Å². The summed E-state index contributed by atoms with van der Waals surface area (Å²) in [4.78, 5) is 44.8. The summed E-state index contributed by atoms with van der Waals surface area (Å²) < 4.78 is 0. The van der Waals surface area contributed by atoms with Crippen molar-refractivity contribution in [2.45, 2.75) is 19.1 Å². The molecule has 2 heterocycles. The number of halogens is 1. The van der Waals surface area contributed by atoms with Crippen LogP contribution in [0.5, 0.6) is 0 Å². The second-order valence-corrected chi connectivity index (χ2v) is 8.38. The quantitative estimate of drug-likeness (QED) is 0.319. The van der Waals surface area contributed by atoms with E-state index >= 15 is 0 Å². The number of fused-ring (bicyclic) bond motifs is 1. The predicted octanol–water partition coefficient (Wildman–Crippen LogP) is 4.61. The number of hydrogen-bond acceptors (Lipinski definition) is 6. The maximum atomic E-state index is 13.6. The largest absolute Gasteiger partial charge is 0.273 e. The molecule has 0 radical (unpaired) electrons. The van der Waals surface area contributed by atoms with E-state index in [0.29, 0.717) is 22.0 Å². The Morgan fingerprint density at radius 2 is 1.67 bits per heavy atom. The Balaban J connectivity index is 1.61. The van der Waals surface area contributed by atoms with Crippen LogP contribution in [0.4, 0.5) is 17.1 Å². The first kappa shape index (κ1) is 21.1. The van der Waals surface area contributed by atoms with Crippen molar-refractivity contribution in [2.24, 2.45) is 5.92 Å². The normalized spacial score (nSPS) is 22.1. The fourth-order valence-corrected chi connectivity index (χ4v) is 4.61. The number of anilines is 2. The standard InChI is InChI=1S/C24H18ClN3O5/c1-14-9-11-15(12-10-14)26-23(29)20-21(18-7-2-3-8-19(18)25)27(33-22(20)24(26)30)16-5-4-6-17(13-16)28(31)32/h2-13,20-22H,1H3/t20-,21+,22+/m1/s1. The van der Waals surface area contributed by atoms with E-state index in [1.807, 2.05) is 19.1 Å². The monoisotopic (exact) mass is 463 g/mol. The Kier molecular flexibility index (Phi) is 5.11. The van der Waals surface area contributed by atoms with E-state index in [1.165, 1.54) is 23.3 Å². The van der Waals surface area contributed by atoms with Crippen molar-refractivity contribution in [1.82, 2.24) is 0 Å². The van der Waals surface area contributed by atoms with Gasteiger partial charge in [-0.1, -0.05) is 53.6 Å². The number of rotatable bonds is 4. The van der Waals surface area contributed by atoms with E-state index in [4.69, 9.17) is 16.4 Å². The molecule has 5 rings (SSSR count). The summed E-state index contributed by atoms with van der Waals surface area (Å²) in [6.07, 6.45) is -1.08. The molecule has 2 amide bonds. The van der Waals surface area contributed by atoms with Gasteiger partial charge in [-0.05, 0) is 36.8 Å². The topological polar surface area (TPSA) is 93.0 Å². The third kappa shape index (κ3) is 3.44. The van der Waals surface area contributed by atoms with E-state index in [9.17, 15) is 19.7 Å². The van der Waals surface area contributed by atoms with Gasteiger partial charge in [-0.3, -0.25) is 24.5 Å². The van der Waals surface area contributed by atoms with Gasteiger partial charge >= 0.3 is 0 Å². The highest BCUT2D eigenvalue weighted by molar-refractivity contribution is 6.31. The van der Waals surface area contributed by atoms with Gasteiger partial charge in [0.15, 0.2) is 6.10 Å². The summed E-state index contributed by atoms with van der Waals surface area (Å²) in [5.74, 6) is -1.77. The van der Waals surface area contributed by atoms with Crippen molar-refractivity contribution < 1.29 is 19.3 Å². The highest BCUT2D eigenvalue weighted by atomic mass is 35.5. The van der Waals surface area contributed by atoms with Crippen molar-refractivity contribution in [3.05, 3.63) is 99.1 Å². The molecule has 0 N–H and O–H groups in total. The lowest BCUT2D eigenvalue weighted by Crippen LogP contribution is -2.37. The highest BCUT2D eigenvalue weighted by Crippen LogP contribution is 2.49. The highest BCUT2D eigenvalue weighted by Gasteiger charge is 2.60. The molecular formula is C24H18ClN3O5. The molecular weight excluding hydrogens is 446 g/mol. The van der Waals surface area contributed by atoms with Crippen molar-refractivity contribution in [2.75, 3.05) is 9.96 Å². The number of carbonyl (C=O) groups excluding carboxylic acids is 2. The molecule has 2 aliphatic rings. The van der Waals surface area contributed by atoms with Gasteiger partial charge in [0.05, 0.1) is 22.3 Å². The molecule has 0 unspecified atom stereocenters. The zero-order valence-corrected chi connectivity index (χ0v) is 18.2. The second-order valence-electron chi connectivity index (χ2n) is 7.97. The molecule has 0 spiro atoms. The average Bonchev–Trinajstić information content (AvgIpc) is 3.31. The third-order valence-electron chi connectivity index (χ3n) is 5.93. The Bertz CT molecular complexity index is 1280. The van der Waals surface area contributed by atoms with Crippen LogP contribution in [0.3, 0.4) is 0 Å². The molecule has 166 valence electrons. The maximum absolute atomic E-state index is 13.6. The number of non-ortho nitro benzene ring substituents is 1. The van der Waals surface area contributed by atoms with Crippen LogP contribution < -0.4 is 9.96 Å². The van der Waals surface area contributed by atoms with Gasteiger partial charge < -0.3 is 0 Å². The lowest BCUT2D eigenvalue weighted by Gasteiger charge is -2.29. The molecule has 2 fully saturated rings. The lowest BCUT2D eigenvalue weighted by molar-refractivity contribution is -0.384. The summed E-state index contributed by atoms with van der Waals surface area (Å²) in [5.41, 5.74) is 2.27. The number of carbonyl (C=O) groups is 2. The third-order valence-corrected chi connectivity index (χ3v) is 6.27. The molecule has 0 aromatic heterocycles. The minimum atomic E-state index is -1.08. The van der Waals surface area contributed by atoms with Crippen molar-refractivity contribution in [3.8, 4) is 0 Å². The average molecular weight is 464 g/mol. The SMILES string of the molecule is Cc1ccc(N2C(=O)[C@H]3[C@H](ON(c4cccc([N+](=O)[O-])c4)[C@H]3c3ccccc3Cl)C2=O)cc1. The van der Waals surface area contributed by atoms with Crippen LogP contribution in [-0.4, -0.2) is 22.8 Å². The number of hydrogen-bond donors (Lipinski definition) is 0. The van der Waals surface area contributed by atoms with Gasteiger partial charge in [-0.25, -0.2) is 9.96 Å². The Hall–Kier alpha value is -3.75. The number of nitro benzene ring substituents is 1. The zero-order chi connectivity index (χ0) is 23.3. The molecule has 2 saturated heterocycles. The number of benzene rings is 3. The summed E-state index contributed by atoms with van der Waals surface area (Å²) in [5, 5.41) is 13.1. The molecule has 3 aromatic rings. The van der Waals surface area contributed by atoms with Crippen LogP contribution in [0.15, 0.2) is 72.8 Å². The van der Waals surface area contributed by atoms with E-state index in [0.717, 1.165) is 10.5 Å². The van der Waals surface area contributed by atoms with E-state index in [1.54, 1.807) is 42.5 Å². The number of hydroxylamine groups is 1. The first-order chi connectivity index (χ1) is 15.9. The molecule has 3 atom stereocenters. The molecule has 33 heavy (non-hydrogen) atoms. The van der Waals surface area contributed by atoms with Gasteiger partial charge in [0.1, 0.15) is 5.92 Å². The number of imide groups is 1. The second kappa shape index (κ2) is 7.99. The smallest absolute Gasteiger partial charge is 0.271 e. The lowest BCUT2D eigenvalue weighted by atomic mass is 9.90. The Morgan fingerprint density at radius 1 is 0.939 bits per heavy atom. The van der Waals surface area contributed by atoms with Crippen molar-refractivity contribution >= 4 is 40.5 Å². The van der Waals surface area contributed by atoms with Crippen LogP contribution in [0, 0.1) is 23.0 Å². The first-order valence-corrected chi connectivity index (χ1v) is 10.6. The van der Waals surface area contributed by atoms with Crippen LogP contribution in [-0.2, 0) is 14.4 Å². The summed E-state index contributed by atoms with van der Waals surface area (Å²) in [6, 6.07) is 19.2. The number of nitro groups is 1. The van der Waals surface area contributed by atoms with Crippen LogP contribution >= 0.6 is 11.6 Å². The summed E-state index contributed by atoms with van der Waals surface area (Å²) >= 11 is 6.48. The molecule has 9 heteroatoms. The van der Waals surface area contributed by atoms with Crippen molar-refractivity contribution in [1.29, 1.82) is 0 Å². The van der Waals surface area contributed by atoms with E-state index < -0.39 is 34.8 Å². The minimum absolute atomic E-state index is 0.134. The van der Waals surface area contributed by atoms with Gasteiger partial charge in [0.25, 0.3) is 11.6 Å². The fourth-order valence-electron chi connectivity index (χ4n) is 4.36. The number of amides is 2. The summed E-state index contributed by atoms with van der Waals surface area (Å²) in [6.45, 7) is 1.92. The minimum Gasteiger partial charge on any atom is -0.273 e. The van der Waals surface area contributed by atoms with E-state index in [2.05, 4.69) is 0 Å². The zero-order valence-electron chi connectivity index (χ0n) is 17.4. The van der Waals surface area contributed by atoms with Gasteiger partial charge in [-0.15, -0.1) is 0 Å². The number of nitrogens with zero attached hydrogens (tertiary/aromatic N) is 3. The molecule has 0 saturated carbocycles. The van der Waals surface area contributed by atoms with E-state index in [-0.39, 0.29) is 5.69 Å². The fraction of sp³-hybridized carbons (Fsp3) is 0.167. The van der Waals surface area contributed by atoms with Crippen LogP contribution in [0.1, 0.15) is 17.2 Å². The van der Waals surface area contributed by atoms with Crippen molar-refractivity contribution in [3.63, 3.8) is 0 Å². The first-order valence-electron chi connectivity index (χ1n) is 10.3. The molecule has 2 aliphatic heterocycles. The molecule has 8 nitrogen and oxygen atoms in total. The number of aryl methyl sites for hydroxylation is 1. The van der Waals surface area contributed by atoms with Gasteiger partial charge in [-0.2, -0.15) is 0 Å². The maximum Gasteiger partial charge on any atom is 0.271 e.